The molecule has 1 fully saturated rings. The maximum atomic E-state index is 13.5. The zero-order valence-corrected chi connectivity index (χ0v) is 22.3. The molecule has 3 aromatic rings. The molecule has 4 rings (SSSR count). The number of carbonyl (C=O) groups excluding carboxylic acids is 2. The molecule has 0 aliphatic carbocycles. The van der Waals surface area contributed by atoms with E-state index in [4.69, 9.17) is 18.9 Å². The number of Topliss-reactive ketones (excluding diaryl/α,β-unsaturated/α-hetero) is 1. The summed E-state index contributed by atoms with van der Waals surface area (Å²) in [6, 6.07) is 15.2. The predicted molar refractivity (Wildman–Crippen MR) is 143 cm³/mol. The number of ketones is 1. The van der Waals surface area contributed by atoms with Gasteiger partial charge in [0.25, 0.3) is 11.7 Å². The molecule has 0 spiro atoms. The maximum Gasteiger partial charge on any atom is 0.295 e. The Morgan fingerprint density at radius 1 is 0.816 bits per heavy atom. The SMILES string of the molecule is COc1cccc(C2/C(=C(\O)c3cc(C)c(OC)cc3C)C(=O)C(=O)N2Cc2ccc(OC)c(OC)c2)c1. The minimum atomic E-state index is -0.847. The number of benzene rings is 3. The molecule has 0 saturated carbocycles. The molecular weight excluding hydrogens is 486 g/mol. The Bertz CT molecular complexity index is 1430. The zero-order chi connectivity index (χ0) is 27.6. The number of nitrogens with zero attached hydrogens (tertiary/aromatic N) is 1. The summed E-state index contributed by atoms with van der Waals surface area (Å²) in [6.07, 6.45) is 0. The van der Waals surface area contributed by atoms with E-state index < -0.39 is 17.7 Å². The van der Waals surface area contributed by atoms with Crippen LogP contribution in [0.3, 0.4) is 0 Å². The van der Waals surface area contributed by atoms with Gasteiger partial charge < -0.3 is 29.0 Å². The fourth-order valence-corrected chi connectivity index (χ4v) is 4.79. The summed E-state index contributed by atoms with van der Waals surface area (Å²) in [5.41, 5.74) is 3.33. The third-order valence-electron chi connectivity index (χ3n) is 6.75. The van der Waals surface area contributed by atoms with Crippen LogP contribution in [0.4, 0.5) is 0 Å². The van der Waals surface area contributed by atoms with Gasteiger partial charge in [0, 0.05) is 12.1 Å². The Morgan fingerprint density at radius 3 is 2.18 bits per heavy atom. The number of likely N-dealkylation sites (tertiary alicyclic amines) is 1. The molecule has 0 aromatic heterocycles. The molecule has 1 atom stereocenters. The van der Waals surface area contributed by atoms with Crippen LogP contribution in [0, 0.1) is 13.8 Å². The van der Waals surface area contributed by atoms with Gasteiger partial charge >= 0.3 is 0 Å². The van der Waals surface area contributed by atoms with Gasteiger partial charge in [-0.25, -0.2) is 0 Å². The van der Waals surface area contributed by atoms with E-state index in [1.807, 2.05) is 13.8 Å². The molecule has 1 amide bonds. The topological polar surface area (TPSA) is 94.5 Å². The largest absolute Gasteiger partial charge is 0.507 e. The smallest absolute Gasteiger partial charge is 0.295 e. The number of rotatable bonds is 8. The van der Waals surface area contributed by atoms with Crippen LogP contribution in [0.1, 0.15) is 33.9 Å². The van der Waals surface area contributed by atoms with Gasteiger partial charge in [0.1, 0.15) is 17.3 Å². The molecule has 0 radical (unpaired) electrons. The zero-order valence-electron chi connectivity index (χ0n) is 22.3. The van der Waals surface area contributed by atoms with Crippen molar-refractivity contribution < 1.29 is 33.6 Å². The Labute approximate surface area is 222 Å². The lowest BCUT2D eigenvalue weighted by Crippen LogP contribution is -2.29. The van der Waals surface area contributed by atoms with E-state index in [1.165, 1.54) is 12.0 Å². The van der Waals surface area contributed by atoms with Crippen molar-refractivity contribution in [3.8, 4) is 23.0 Å². The molecule has 1 unspecified atom stereocenters. The van der Waals surface area contributed by atoms with Crippen LogP contribution in [-0.2, 0) is 16.1 Å². The van der Waals surface area contributed by atoms with Crippen molar-refractivity contribution in [1.82, 2.24) is 4.90 Å². The van der Waals surface area contributed by atoms with Crippen LogP contribution in [0.5, 0.6) is 23.0 Å². The van der Waals surface area contributed by atoms with Crippen molar-refractivity contribution >= 4 is 17.4 Å². The molecule has 1 N–H and O–H groups in total. The predicted octanol–water partition coefficient (Wildman–Crippen LogP) is 4.96. The van der Waals surface area contributed by atoms with Gasteiger partial charge in [0.15, 0.2) is 11.5 Å². The van der Waals surface area contributed by atoms with E-state index in [-0.39, 0.29) is 17.9 Å². The molecule has 1 heterocycles. The van der Waals surface area contributed by atoms with Crippen molar-refractivity contribution in [2.75, 3.05) is 28.4 Å². The third kappa shape index (κ3) is 4.77. The normalized spacial score (nSPS) is 16.5. The molecule has 1 aliphatic rings. The van der Waals surface area contributed by atoms with Crippen LogP contribution in [0.25, 0.3) is 5.76 Å². The molecule has 0 bridgehead atoms. The summed E-state index contributed by atoms with van der Waals surface area (Å²) >= 11 is 0. The van der Waals surface area contributed by atoms with Crippen molar-refractivity contribution in [1.29, 1.82) is 0 Å². The van der Waals surface area contributed by atoms with Gasteiger partial charge in [0.05, 0.1) is 40.1 Å². The minimum absolute atomic E-state index is 0.0106. The number of hydrogen-bond acceptors (Lipinski definition) is 7. The fourth-order valence-electron chi connectivity index (χ4n) is 4.79. The standard InChI is InChI=1S/C30H31NO7/c1-17-13-24(37-5)18(2)12-22(17)28(32)26-27(20-8-7-9-21(15-20)35-3)31(30(34)29(26)33)16-19-10-11-23(36-4)25(14-19)38-6/h7-15,27,32H,16H2,1-6H3/b28-26+. The second kappa shape index (κ2) is 10.9. The Balaban J connectivity index is 1.89. The first-order chi connectivity index (χ1) is 18.2. The van der Waals surface area contributed by atoms with Gasteiger partial charge in [-0.3, -0.25) is 9.59 Å². The van der Waals surface area contributed by atoms with Gasteiger partial charge in [-0.05, 0) is 72.5 Å². The van der Waals surface area contributed by atoms with Crippen molar-refractivity contribution in [3.63, 3.8) is 0 Å². The Hall–Kier alpha value is -4.46. The minimum Gasteiger partial charge on any atom is -0.507 e. The highest BCUT2D eigenvalue weighted by Gasteiger charge is 2.46. The van der Waals surface area contributed by atoms with Crippen LogP contribution in [0.15, 0.2) is 60.2 Å². The van der Waals surface area contributed by atoms with E-state index in [0.29, 0.717) is 39.7 Å². The van der Waals surface area contributed by atoms with Crippen LogP contribution < -0.4 is 18.9 Å². The number of aliphatic hydroxyl groups excluding tert-OH is 1. The number of carbonyl (C=O) groups is 2. The second-order valence-electron chi connectivity index (χ2n) is 9.03. The summed E-state index contributed by atoms with van der Waals surface area (Å²) in [6.45, 7) is 3.77. The lowest BCUT2D eigenvalue weighted by Gasteiger charge is -2.26. The quantitative estimate of drug-likeness (QED) is 0.256. The molecule has 1 aliphatic heterocycles. The highest BCUT2D eigenvalue weighted by Crippen LogP contribution is 2.42. The molecule has 8 heteroatoms. The third-order valence-corrected chi connectivity index (χ3v) is 6.75. The molecule has 1 saturated heterocycles. The van der Waals surface area contributed by atoms with Gasteiger partial charge in [-0.1, -0.05) is 18.2 Å². The first-order valence-corrected chi connectivity index (χ1v) is 12.0. The van der Waals surface area contributed by atoms with Crippen LogP contribution in [0.2, 0.25) is 0 Å². The second-order valence-corrected chi connectivity index (χ2v) is 9.03. The van der Waals surface area contributed by atoms with Crippen LogP contribution in [-0.4, -0.2) is 50.1 Å². The summed E-state index contributed by atoms with van der Waals surface area (Å²) in [5, 5.41) is 11.5. The lowest BCUT2D eigenvalue weighted by atomic mass is 9.93. The number of aliphatic hydroxyl groups is 1. The number of hydrogen-bond donors (Lipinski definition) is 1. The number of aryl methyl sites for hydroxylation is 2. The summed E-state index contributed by atoms with van der Waals surface area (Å²) < 4.78 is 21.6. The van der Waals surface area contributed by atoms with Gasteiger partial charge in [-0.15, -0.1) is 0 Å². The average molecular weight is 518 g/mol. The first kappa shape index (κ1) is 26.6. The maximum absolute atomic E-state index is 13.5. The van der Waals surface area contributed by atoms with Gasteiger partial charge in [-0.2, -0.15) is 0 Å². The van der Waals surface area contributed by atoms with E-state index in [2.05, 4.69) is 0 Å². The molecular formula is C30H31NO7. The monoisotopic (exact) mass is 517 g/mol. The first-order valence-electron chi connectivity index (χ1n) is 12.0. The van der Waals surface area contributed by atoms with Gasteiger partial charge in [0.2, 0.25) is 0 Å². The van der Waals surface area contributed by atoms with Crippen LogP contribution >= 0.6 is 0 Å². The lowest BCUT2D eigenvalue weighted by molar-refractivity contribution is -0.140. The van der Waals surface area contributed by atoms with Crippen molar-refractivity contribution in [2.45, 2.75) is 26.4 Å². The molecule has 3 aromatic carbocycles. The molecule has 8 nitrogen and oxygen atoms in total. The molecule has 198 valence electrons. The van der Waals surface area contributed by atoms with E-state index in [9.17, 15) is 14.7 Å². The van der Waals surface area contributed by atoms with Crippen molar-refractivity contribution in [2.24, 2.45) is 0 Å². The average Bonchev–Trinajstić information content (AvgIpc) is 3.18. The highest BCUT2D eigenvalue weighted by molar-refractivity contribution is 6.46. The molecule has 38 heavy (non-hydrogen) atoms. The number of ether oxygens (including phenoxy) is 4. The number of methoxy groups -OCH3 is 4. The summed E-state index contributed by atoms with van der Waals surface area (Å²) in [4.78, 5) is 28.4. The number of amides is 1. The van der Waals surface area contributed by atoms with Crippen molar-refractivity contribution in [3.05, 3.63) is 88.0 Å². The summed E-state index contributed by atoms with van der Waals surface area (Å²) in [5.74, 6) is 0.569. The Kier molecular flexibility index (Phi) is 7.62. The van der Waals surface area contributed by atoms with E-state index in [1.54, 1.807) is 75.9 Å². The Morgan fingerprint density at radius 2 is 1.53 bits per heavy atom. The highest BCUT2D eigenvalue weighted by atomic mass is 16.5. The summed E-state index contributed by atoms with van der Waals surface area (Å²) in [7, 11) is 6.19. The van der Waals surface area contributed by atoms with E-state index >= 15 is 0 Å². The van der Waals surface area contributed by atoms with E-state index in [0.717, 1.165) is 11.1 Å². The fraction of sp³-hybridized carbons (Fsp3) is 0.267.